The molecule has 0 aromatic carbocycles. The van der Waals surface area contributed by atoms with Gasteiger partial charge in [0.15, 0.2) is 5.82 Å². The van der Waals surface area contributed by atoms with Crippen LogP contribution in [0.2, 0.25) is 0 Å². The quantitative estimate of drug-likeness (QED) is 0.660. The van der Waals surface area contributed by atoms with Gasteiger partial charge in [-0.2, -0.15) is 14.7 Å². The molecule has 2 aliphatic rings. The lowest BCUT2D eigenvalue weighted by Crippen LogP contribution is -2.63. The summed E-state index contributed by atoms with van der Waals surface area (Å²) in [6.45, 7) is 1.81. The van der Waals surface area contributed by atoms with Crippen LogP contribution in [-0.4, -0.2) is 71.1 Å². The maximum atomic E-state index is 11.8. The molecule has 160 valence electrons. The minimum Gasteiger partial charge on any atom is -0.382 e. The molecule has 0 unspecified atom stereocenters. The molecule has 3 N–H and O–H groups in total. The summed E-state index contributed by atoms with van der Waals surface area (Å²) in [6.07, 6.45) is 6.29. The number of anilines is 2. The molecule has 30 heavy (non-hydrogen) atoms. The largest absolute Gasteiger partial charge is 0.382 e. The number of nitrogens with one attached hydrogen (secondary N) is 1. The summed E-state index contributed by atoms with van der Waals surface area (Å²) >= 11 is 0. The van der Waals surface area contributed by atoms with Crippen molar-refractivity contribution in [2.24, 2.45) is 0 Å². The Morgan fingerprint density at radius 3 is 2.77 bits per heavy atom. The predicted octanol–water partition coefficient (Wildman–Crippen LogP) is 0.397. The number of aromatic nitrogens is 4. The topological polar surface area (TPSA) is 152 Å². The molecular formula is C18H24N8O3S. The van der Waals surface area contributed by atoms with Crippen LogP contribution in [0.4, 0.5) is 11.6 Å². The summed E-state index contributed by atoms with van der Waals surface area (Å²) < 4.78 is 31.9. The average Bonchev–Trinajstić information content (AvgIpc) is 3.06. The normalized spacial score (nSPS) is 19.7. The highest BCUT2D eigenvalue weighted by Crippen LogP contribution is 2.36. The van der Waals surface area contributed by atoms with Crippen LogP contribution < -0.4 is 11.1 Å². The van der Waals surface area contributed by atoms with E-state index in [1.165, 1.54) is 10.6 Å². The van der Waals surface area contributed by atoms with Gasteiger partial charge in [0.1, 0.15) is 17.7 Å². The van der Waals surface area contributed by atoms with Crippen LogP contribution in [0.15, 0.2) is 18.6 Å². The summed E-state index contributed by atoms with van der Waals surface area (Å²) in [4.78, 5) is 8.61. The number of sulfonamides is 1. The standard InChI is InChI=1S/C18H24N8O3S/c1-30(27,28)25-10-18(11-25,4-5-19)26-9-14(17(20)24-26)15-8-16(22-12-21-15)23-13-2-6-29-7-3-13/h8-9,12-13H,2-4,6-7,10-11H2,1H3,(H2,20,24)(H,21,22,23). The van der Waals surface area contributed by atoms with Crippen molar-refractivity contribution in [3.63, 3.8) is 0 Å². The van der Waals surface area contributed by atoms with Crippen molar-refractivity contribution in [2.45, 2.75) is 30.8 Å². The van der Waals surface area contributed by atoms with Crippen molar-refractivity contribution >= 4 is 21.7 Å². The third-order valence-corrected chi connectivity index (χ3v) is 6.76. The number of ether oxygens (including phenoxy) is 1. The summed E-state index contributed by atoms with van der Waals surface area (Å²) in [5.41, 5.74) is 6.64. The average molecular weight is 433 g/mol. The Hall–Kier alpha value is -2.75. The van der Waals surface area contributed by atoms with E-state index < -0.39 is 15.6 Å². The van der Waals surface area contributed by atoms with E-state index >= 15 is 0 Å². The van der Waals surface area contributed by atoms with Crippen molar-refractivity contribution in [3.8, 4) is 17.3 Å². The fourth-order valence-corrected chi connectivity index (χ4v) is 4.74. The Labute approximate surface area is 174 Å². The van der Waals surface area contributed by atoms with Gasteiger partial charge in [0.25, 0.3) is 0 Å². The first kappa shape index (κ1) is 20.5. The molecule has 12 heteroatoms. The van der Waals surface area contributed by atoms with E-state index in [4.69, 9.17) is 10.5 Å². The van der Waals surface area contributed by atoms with Gasteiger partial charge in [0, 0.05) is 44.6 Å². The third-order valence-electron chi connectivity index (χ3n) is 5.56. The van der Waals surface area contributed by atoms with Crippen molar-refractivity contribution < 1.29 is 13.2 Å². The zero-order chi connectivity index (χ0) is 21.4. The third kappa shape index (κ3) is 3.96. The van der Waals surface area contributed by atoms with Crippen LogP contribution in [0.3, 0.4) is 0 Å². The summed E-state index contributed by atoms with van der Waals surface area (Å²) in [6, 6.07) is 4.24. The molecule has 2 aromatic rings. The fraction of sp³-hybridized carbons (Fsp3) is 0.556. The molecule has 0 amide bonds. The zero-order valence-electron chi connectivity index (χ0n) is 16.7. The smallest absolute Gasteiger partial charge is 0.211 e. The van der Waals surface area contributed by atoms with Gasteiger partial charge in [0.2, 0.25) is 10.0 Å². The lowest BCUT2D eigenvalue weighted by molar-refractivity contribution is 0.0727. The van der Waals surface area contributed by atoms with Crippen LogP contribution >= 0.6 is 0 Å². The lowest BCUT2D eigenvalue weighted by Gasteiger charge is -2.47. The highest BCUT2D eigenvalue weighted by molar-refractivity contribution is 7.88. The maximum Gasteiger partial charge on any atom is 0.211 e. The second-order valence-corrected chi connectivity index (χ2v) is 9.76. The van der Waals surface area contributed by atoms with E-state index in [1.807, 2.05) is 6.07 Å². The lowest BCUT2D eigenvalue weighted by atomic mass is 9.89. The Bertz CT molecular complexity index is 1070. The van der Waals surface area contributed by atoms with Gasteiger partial charge in [0.05, 0.1) is 30.0 Å². The molecule has 0 atom stereocenters. The van der Waals surface area contributed by atoms with Gasteiger partial charge < -0.3 is 15.8 Å². The second kappa shape index (κ2) is 7.82. The molecule has 0 aliphatic carbocycles. The van der Waals surface area contributed by atoms with E-state index in [9.17, 15) is 13.7 Å². The molecule has 0 radical (unpaired) electrons. The molecule has 2 saturated heterocycles. The Morgan fingerprint density at radius 1 is 1.37 bits per heavy atom. The first-order valence-electron chi connectivity index (χ1n) is 9.65. The number of nitrogen functional groups attached to an aromatic ring is 1. The van der Waals surface area contributed by atoms with Gasteiger partial charge in [-0.15, -0.1) is 0 Å². The number of nitrogens with two attached hydrogens (primary N) is 1. The minimum atomic E-state index is -3.32. The van der Waals surface area contributed by atoms with Gasteiger partial charge in [-0.05, 0) is 12.8 Å². The SMILES string of the molecule is CS(=O)(=O)N1CC(CC#N)(n2cc(-c3cc(NC4CCOCC4)ncn3)c(N)n2)C1. The summed E-state index contributed by atoms with van der Waals surface area (Å²) in [5.74, 6) is 0.957. The Balaban J connectivity index is 1.58. The summed E-state index contributed by atoms with van der Waals surface area (Å²) in [5, 5.41) is 17.1. The van der Waals surface area contributed by atoms with Crippen molar-refractivity contribution in [1.82, 2.24) is 24.1 Å². The van der Waals surface area contributed by atoms with Crippen LogP contribution in [0.5, 0.6) is 0 Å². The van der Waals surface area contributed by atoms with Crippen molar-refractivity contribution in [2.75, 3.05) is 43.6 Å². The molecule has 2 fully saturated rings. The highest BCUT2D eigenvalue weighted by Gasteiger charge is 2.49. The van der Waals surface area contributed by atoms with E-state index in [0.717, 1.165) is 32.3 Å². The van der Waals surface area contributed by atoms with Gasteiger partial charge in [-0.3, -0.25) is 4.68 Å². The molecule has 0 spiro atoms. The predicted molar refractivity (Wildman–Crippen MR) is 110 cm³/mol. The zero-order valence-corrected chi connectivity index (χ0v) is 17.5. The molecule has 11 nitrogen and oxygen atoms in total. The molecule has 2 aliphatic heterocycles. The molecule has 4 rings (SSSR count). The molecule has 0 bridgehead atoms. The van der Waals surface area contributed by atoms with E-state index in [2.05, 4.69) is 26.5 Å². The monoisotopic (exact) mass is 432 g/mol. The molecular weight excluding hydrogens is 408 g/mol. The maximum absolute atomic E-state index is 11.8. The number of nitriles is 1. The van der Waals surface area contributed by atoms with Crippen LogP contribution in [0, 0.1) is 11.3 Å². The Morgan fingerprint density at radius 2 is 2.10 bits per heavy atom. The van der Waals surface area contributed by atoms with E-state index in [-0.39, 0.29) is 31.4 Å². The van der Waals surface area contributed by atoms with Gasteiger partial charge in [-0.1, -0.05) is 0 Å². The highest BCUT2D eigenvalue weighted by atomic mass is 32.2. The molecule has 0 saturated carbocycles. The van der Waals surface area contributed by atoms with Crippen molar-refractivity contribution in [1.29, 1.82) is 5.26 Å². The minimum absolute atomic E-state index is 0.125. The number of nitrogens with zero attached hydrogens (tertiary/aromatic N) is 6. The molecule has 2 aromatic heterocycles. The van der Waals surface area contributed by atoms with E-state index in [0.29, 0.717) is 17.1 Å². The first-order chi connectivity index (χ1) is 14.3. The summed E-state index contributed by atoms with van der Waals surface area (Å²) in [7, 11) is -3.32. The number of rotatable bonds is 6. The van der Waals surface area contributed by atoms with Crippen LogP contribution in [0.1, 0.15) is 19.3 Å². The molecule has 4 heterocycles. The van der Waals surface area contributed by atoms with Crippen LogP contribution in [0.25, 0.3) is 11.3 Å². The van der Waals surface area contributed by atoms with Gasteiger partial charge >= 0.3 is 0 Å². The Kier molecular flexibility index (Phi) is 5.35. The number of hydrogen-bond acceptors (Lipinski definition) is 9. The second-order valence-electron chi connectivity index (χ2n) is 7.78. The number of hydrogen-bond donors (Lipinski definition) is 2. The first-order valence-corrected chi connectivity index (χ1v) is 11.5. The fourth-order valence-electron chi connectivity index (χ4n) is 3.79. The van der Waals surface area contributed by atoms with Gasteiger partial charge in [-0.25, -0.2) is 18.4 Å². The van der Waals surface area contributed by atoms with E-state index in [1.54, 1.807) is 10.9 Å². The van der Waals surface area contributed by atoms with Crippen molar-refractivity contribution in [3.05, 3.63) is 18.6 Å². The van der Waals surface area contributed by atoms with Crippen LogP contribution in [-0.2, 0) is 20.3 Å².